The van der Waals surface area contributed by atoms with Crippen molar-refractivity contribution in [3.63, 3.8) is 0 Å². The normalized spacial score (nSPS) is 29.7. The second-order valence-corrected chi connectivity index (χ2v) is 8.85. The number of amides is 1. The summed E-state index contributed by atoms with van der Waals surface area (Å²) in [6.07, 6.45) is 15.3. The van der Waals surface area contributed by atoms with Crippen molar-refractivity contribution in [3.05, 3.63) is 23.8 Å². The number of aliphatic hydroxyl groups is 2. The van der Waals surface area contributed by atoms with Crippen molar-refractivity contribution >= 4 is 5.91 Å². The molecule has 1 fully saturated rings. The molecule has 0 aromatic heterocycles. The Labute approximate surface area is 164 Å². The monoisotopic (exact) mass is 377 g/mol. The van der Waals surface area contributed by atoms with Crippen LogP contribution in [0.4, 0.5) is 0 Å². The van der Waals surface area contributed by atoms with Crippen molar-refractivity contribution in [1.29, 1.82) is 0 Å². The van der Waals surface area contributed by atoms with Crippen molar-refractivity contribution in [2.45, 2.75) is 90.3 Å². The van der Waals surface area contributed by atoms with Gasteiger partial charge in [0, 0.05) is 12.3 Å². The van der Waals surface area contributed by atoms with E-state index in [0.717, 1.165) is 38.5 Å². The highest BCUT2D eigenvalue weighted by Crippen LogP contribution is 2.48. The molecule has 0 bridgehead atoms. The number of carbonyl (C=O) groups is 1. The Morgan fingerprint density at radius 2 is 2.15 bits per heavy atom. The molecule has 4 N–H and O–H groups in total. The Balaban J connectivity index is 1.79. The molecule has 0 unspecified atom stereocenters. The van der Waals surface area contributed by atoms with Crippen LogP contribution in [-0.2, 0) is 4.79 Å². The zero-order chi connectivity index (χ0) is 19.8. The fourth-order valence-electron chi connectivity index (χ4n) is 4.86. The summed E-state index contributed by atoms with van der Waals surface area (Å²) < 4.78 is 0. The van der Waals surface area contributed by atoms with E-state index in [4.69, 9.17) is 5.73 Å². The van der Waals surface area contributed by atoms with Crippen LogP contribution in [0.15, 0.2) is 23.8 Å². The zero-order valence-corrected chi connectivity index (χ0v) is 17.1. The fourth-order valence-corrected chi connectivity index (χ4v) is 4.86. The average molecular weight is 378 g/mol. The van der Waals surface area contributed by atoms with Gasteiger partial charge in [0.2, 0.25) is 5.91 Å². The summed E-state index contributed by atoms with van der Waals surface area (Å²) in [6, 6.07) is 0. The molecule has 0 aromatic rings. The number of unbranched alkanes of at least 4 members (excludes halogenated alkanes) is 2. The molecule has 0 aliphatic heterocycles. The number of fused-ring (bicyclic) bond motifs is 1. The Morgan fingerprint density at radius 1 is 1.37 bits per heavy atom. The van der Waals surface area contributed by atoms with E-state index in [1.54, 1.807) is 0 Å². The first kappa shape index (κ1) is 22.2. The molecule has 0 saturated heterocycles. The van der Waals surface area contributed by atoms with E-state index in [2.05, 4.69) is 26.0 Å². The summed E-state index contributed by atoms with van der Waals surface area (Å²) in [7, 11) is 0. The summed E-state index contributed by atoms with van der Waals surface area (Å²) in [6.45, 7) is 4.40. The van der Waals surface area contributed by atoms with Crippen LogP contribution in [0.1, 0.15) is 78.1 Å². The molecular weight excluding hydrogens is 338 g/mol. The van der Waals surface area contributed by atoms with Crippen LogP contribution < -0.4 is 5.73 Å². The molecule has 154 valence electrons. The number of hydrogen-bond donors (Lipinski definition) is 3. The van der Waals surface area contributed by atoms with Crippen molar-refractivity contribution in [2.75, 3.05) is 0 Å². The molecule has 6 atom stereocenters. The highest BCUT2D eigenvalue weighted by Gasteiger charge is 2.43. The Morgan fingerprint density at radius 3 is 2.85 bits per heavy atom. The zero-order valence-electron chi connectivity index (χ0n) is 17.1. The van der Waals surface area contributed by atoms with Crippen molar-refractivity contribution in [3.8, 4) is 0 Å². The predicted octanol–water partition coefficient (Wildman–Crippen LogP) is 4.11. The van der Waals surface area contributed by atoms with E-state index in [1.807, 2.05) is 6.08 Å². The van der Waals surface area contributed by atoms with Crippen molar-refractivity contribution in [1.82, 2.24) is 0 Å². The third-order valence-electron chi connectivity index (χ3n) is 6.37. The third-order valence-corrected chi connectivity index (χ3v) is 6.37. The number of aliphatic hydroxyl groups excluding tert-OH is 2. The van der Waals surface area contributed by atoms with Gasteiger partial charge in [-0.25, -0.2) is 0 Å². The summed E-state index contributed by atoms with van der Waals surface area (Å²) >= 11 is 0. The Bertz CT molecular complexity index is 528. The van der Waals surface area contributed by atoms with E-state index in [0.29, 0.717) is 24.2 Å². The number of carbonyl (C=O) groups excluding carboxylic acids is 1. The Hall–Kier alpha value is -1.13. The highest BCUT2D eigenvalue weighted by atomic mass is 16.3. The molecule has 0 heterocycles. The lowest BCUT2D eigenvalue weighted by Gasteiger charge is -2.19. The highest BCUT2D eigenvalue weighted by molar-refractivity contribution is 5.73. The van der Waals surface area contributed by atoms with Gasteiger partial charge in [0.25, 0.3) is 0 Å². The van der Waals surface area contributed by atoms with Gasteiger partial charge in [0.05, 0.1) is 12.2 Å². The Kier molecular flexibility index (Phi) is 9.04. The molecule has 0 spiro atoms. The van der Waals surface area contributed by atoms with Crippen molar-refractivity contribution < 1.29 is 15.0 Å². The SMILES string of the molecule is CCCC[C@H](C)C[C@H](O)/C=C/[C@@H]1[C@H]2CC(CCCCC(N)=O)=C[C@H]2C[C@H]1O. The van der Waals surface area contributed by atoms with E-state index >= 15 is 0 Å². The molecular formula is C23H39NO3. The fraction of sp³-hybridized carbons (Fsp3) is 0.783. The second kappa shape index (κ2) is 11.0. The van der Waals surface area contributed by atoms with E-state index in [-0.39, 0.29) is 17.9 Å². The standard InChI is InChI=1S/C23H39NO3/c1-3-4-7-16(2)12-19(25)10-11-20-21-14-17(8-5-6-9-23(24)27)13-18(21)15-22(20)26/h10-11,13,16,18-22,25-26H,3-9,12,14-15H2,1-2H3,(H2,24,27)/b11-10+/t16-,18-,19+,20+,21-,22+/m0/s1. The maximum absolute atomic E-state index is 10.8. The van der Waals surface area contributed by atoms with Crippen LogP contribution in [0, 0.1) is 23.7 Å². The van der Waals surface area contributed by atoms with Gasteiger partial charge in [0.15, 0.2) is 0 Å². The minimum atomic E-state index is -0.411. The first-order chi connectivity index (χ1) is 12.9. The summed E-state index contributed by atoms with van der Waals surface area (Å²) in [4.78, 5) is 10.8. The molecule has 0 radical (unpaired) electrons. The molecule has 2 aliphatic carbocycles. The minimum absolute atomic E-state index is 0.148. The molecule has 1 amide bonds. The molecule has 1 saturated carbocycles. The number of primary amides is 1. The van der Waals surface area contributed by atoms with Crippen LogP contribution in [0.3, 0.4) is 0 Å². The topological polar surface area (TPSA) is 83.5 Å². The van der Waals surface area contributed by atoms with Gasteiger partial charge >= 0.3 is 0 Å². The summed E-state index contributed by atoms with van der Waals surface area (Å²) in [5, 5.41) is 20.8. The van der Waals surface area contributed by atoms with Crippen LogP contribution >= 0.6 is 0 Å². The predicted molar refractivity (Wildman–Crippen MR) is 110 cm³/mol. The van der Waals surface area contributed by atoms with Gasteiger partial charge < -0.3 is 15.9 Å². The van der Waals surface area contributed by atoms with Crippen molar-refractivity contribution in [2.24, 2.45) is 29.4 Å². The lowest BCUT2D eigenvalue weighted by atomic mass is 9.88. The molecule has 27 heavy (non-hydrogen) atoms. The minimum Gasteiger partial charge on any atom is -0.392 e. The van der Waals surface area contributed by atoms with Gasteiger partial charge in [0.1, 0.15) is 0 Å². The van der Waals surface area contributed by atoms with E-state index in [1.165, 1.54) is 24.8 Å². The third kappa shape index (κ3) is 7.08. The maximum atomic E-state index is 10.8. The smallest absolute Gasteiger partial charge is 0.217 e. The lowest BCUT2D eigenvalue weighted by Crippen LogP contribution is -2.18. The largest absolute Gasteiger partial charge is 0.392 e. The molecule has 0 aromatic carbocycles. The number of allylic oxidation sites excluding steroid dienone is 2. The van der Waals surface area contributed by atoms with Crippen LogP contribution in [0.5, 0.6) is 0 Å². The van der Waals surface area contributed by atoms with Gasteiger partial charge in [-0.1, -0.05) is 56.9 Å². The second-order valence-electron chi connectivity index (χ2n) is 8.85. The maximum Gasteiger partial charge on any atom is 0.217 e. The lowest BCUT2D eigenvalue weighted by molar-refractivity contribution is -0.118. The number of rotatable bonds is 12. The van der Waals surface area contributed by atoms with Gasteiger partial charge in [-0.05, 0) is 56.3 Å². The van der Waals surface area contributed by atoms with Gasteiger partial charge in [-0.3, -0.25) is 4.79 Å². The first-order valence-corrected chi connectivity index (χ1v) is 10.9. The molecule has 4 heteroatoms. The molecule has 2 aliphatic rings. The summed E-state index contributed by atoms with van der Waals surface area (Å²) in [5.41, 5.74) is 6.66. The van der Waals surface area contributed by atoms with Crippen LogP contribution in [-0.4, -0.2) is 28.3 Å². The quantitative estimate of drug-likeness (QED) is 0.353. The van der Waals surface area contributed by atoms with Gasteiger partial charge in [-0.15, -0.1) is 0 Å². The first-order valence-electron chi connectivity index (χ1n) is 10.9. The van der Waals surface area contributed by atoms with Crippen LogP contribution in [0.25, 0.3) is 0 Å². The molecule has 4 nitrogen and oxygen atoms in total. The molecule has 2 rings (SSSR count). The van der Waals surface area contributed by atoms with Gasteiger partial charge in [-0.2, -0.15) is 0 Å². The number of nitrogens with two attached hydrogens (primary N) is 1. The average Bonchev–Trinajstić information content (AvgIpc) is 3.11. The number of hydrogen-bond acceptors (Lipinski definition) is 3. The van der Waals surface area contributed by atoms with E-state index in [9.17, 15) is 15.0 Å². The van der Waals surface area contributed by atoms with Crippen LogP contribution in [0.2, 0.25) is 0 Å². The van der Waals surface area contributed by atoms with E-state index < -0.39 is 6.10 Å². The summed E-state index contributed by atoms with van der Waals surface area (Å²) in [5.74, 6) is 1.39.